The van der Waals surface area contributed by atoms with Gasteiger partial charge in [-0.1, -0.05) is 18.2 Å². The van der Waals surface area contributed by atoms with Crippen LogP contribution >= 0.6 is 0 Å². The zero-order valence-corrected chi connectivity index (χ0v) is 13.3. The zero-order valence-electron chi connectivity index (χ0n) is 13.3. The van der Waals surface area contributed by atoms with Crippen molar-refractivity contribution in [1.82, 2.24) is 10.2 Å². The molecule has 1 heterocycles. The van der Waals surface area contributed by atoms with Crippen molar-refractivity contribution < 1.29 is 14.0 Å². The van der Waals surface area contributed by atoms with E-state index in [9.17, 15) is 14.0 Å². The number of urea groups is 1. The van der Waals surface area contributed by atoms with E-state index in [-0.39, 0.29) is 17.8 Å². The van der Waals surface area contributed by atoms with Gasteiger partial charge in [0.2, 0.25) is 0 Å². The molecule has 1 saturated heterocycles. The van der Waals surface area contributed by atoms with Crippen LogP contribution in [0.25, 0.3) is 0 Å². The molecule has 1 N–H and O–H groups in total. The molecule has 1 aliphatic rings. The van der Waals surface area contributed by atoms with E-state index in [1.807, 2.05) is 6.07 Å². The minimum atomic E-state index is -0.302. The van der Waals surface area contributed by atoms with Crippen molar-refractivity contribution in [3.8, 4) is 0 Å². The molecule has 1 aliphatic heterocycles. The molecule has 3 amide bonds. The SMILES string of the molecule is CN(Cc1ccc(F)cc1)C(=O)c1cccc(N2CCNC2=O)c1. The maximum absolute atomic E-state index is 13.0. The number of benzene rings is 2. The maximum Gasteiger partial charge on any atom is 0.321 e. The molecule has 24 heavy (non-hydrogen) atoms. The smallest absolute Gasteiger partial charge is 0.321 e. The van der Waals surface area contributed by atoms with E-state index < -0.39 is 0 Å². The summed E-state index contributed by atoms with van der Waals surface area (Å²) in [6.45, 7) is 1.57. The van der Waals surface area contributed by atoms with Crippen molar-refractivity contribution in [3.05, 3.63) is 65.5 Å². The van der Waals surface area contributed by atoms with E-state index in [0.717, 1.165) is 5.56 Å². The molecule has 124 valence electrons. The molecule has 2 aromatic carbocycles. The molecular weight excluding hydrogens is 309 g/mol. The summed E-state index contributed by atoms with van der Waals surface area (Å²) in [5.41, 5.74) is 2.06. The van der Waals surface area contributed by atoms with Gasteiger partial charge in [0.05, 0.1) is 0 Å². The fraction of sp³-hybridized carbons (Fsp3) is 0.222. The average molecular weight is 327 g/mol. The van der Waals surface area contributed by atoms with E-state index in [1.165, 1.54) is 12.1 Å². The second-order valence-corrected chi connectivity index (χ2v) is 5.72. The summed E-state index contributed by atoms with van der Waals surface area (Å²) >= 11 is 0. The van der Waals surface area contributed by atoms with E-state index in [0.29, 0.717) is 30.9 Å². The summed E-state index contributed by atoms with van der Waals surface area (Å²) in [7, 11) is 1.70. The van der Waals surface area contributed by atoms with Crippen LogP contribution in [0.2, 0.25) is 0 Å². The number of halogens is 1. The van der Waals surface area contributed by atoms with Gasteiger partial charge in [-0.05, 0) is 35.9 Å². The molecule has 5 nitrogen and oxygen atoms in total. The first-order valence-electron chi connectivity index (χ1n) is 7.70. The first-order chi connectivity index (χ1) is 11.5. The van der Waals surface area contributed by atoms with Gasteiger partial charge in [-0.2, -0.15) is 0 Å². The van der Waals surface area contributed by atoms with Gasteiger partial charge in [0, 0.05) is 37.9 Å². The first-order valence-corrected chi connectivity index (χ1v) is 7.70. The van der Waals surface area contributed by atoms with Gasteiger partial charge in [0.25, 0.3) is 5.91 Å². The van der Waals surface area contributed by atoms with Gasteiger partial charge in [0.15, 0.2) is 0 Å². The van der Waals surface area contributed by atoms with Crippen LogP contribution in [0.3, 0.4) is 0 Å². The maximum atomic E-state index is 13.0. The third-order valence-electron chi connectivity index (χ3n) is 3.94. The molecule has 1 fully saturated rings. The second kappa shape index (κ2) is 6.70. The highest BCUT2D eigenvalue weighted by atomic mass is 19.1. The highest BCUT2D eigenvalue weighted by molar-refractivity contribution is 5.98. The van der Waals surface area contributed by atoms with E-state index in [1.54, 1.807) is 47.2 Å². The molecule has 0 aromatic heterocycles. The third kappa shape index (κ3) is 3.37. The van der Waals surface area contributed by atoms with Crippen molar-refractivity contribution >= 4 is 17.6 Å². The lowest BCUT2D eigenvalue weighted by molar-refractivity contribution is 0.0785. The van der Waals surface area contributed by atoms with Crippen LogP contribution in [0.15, 0.2) is 48.5 Å². The Morgan fingerprint density at radius 1 is 1.25 bits per heavy atom. The quantitative estimate of drug-likeness (QED) is 0.938. The number of rotatable bonds is 4. The van der Waals surface area contributed by atoms with Gasteiger partial charge in [-0.15, -0.1) is 0 Å². The van der Waals surface area contributed by atoms with Crippen LogP contribution in [0.4, 0.5) is 14.9 Å². The Labute approximate surface area is 139 Å². The zero-order chi connectivity index (χ0) is 17.1. The Balaban J connectivity index is 1.74. The molecule has 0 radical (unpaired) electrons. The predicted octanol–water partition coefficient (Wildman–Crippen LogP) is 2.63. The molecule has 6 heteroatoms. The molecule has 0 unspecified atom stereocenters. The Bertz CT molecular complexity index is 761. The minimum absolute atomic E-state index is 0.152. The van der Waals surface area contributed by atoms with Crippen molar-refractivity contribution in [2.24, 2.45) is 0 Å². The highest BCUT2D eigenvalue weighted by Crippen LogP contribution is 2.19. The van der Waals surface area contributed by atoms with Gasteiger partial charge >= 0.3 is 6.03 Å². The van der Waals surface area contributed by atoms with Crippen molar-refractivity contribution in [3.63, 3.8) is 0 Å². The van der Waals surface area contributed by atoms with Crippen LogP contribution in [0, 0.1) is 5.82 Å². The second-order valence-electron chi connectivity index (χ2n) is 5.72. The number of carbonyl (C=O) groups is 2. The van der Waals surface area contributed by atoms with Crippen molar-refractivity contribution in [2.45, 2.75) is 6.54 Å². The van der Waals surface area contributed by atoms with Gasteiger partial charge in [-0.3, -0.25) is 9.69 Å². The Morgan fingerprint density at radius 3 is 2.67 bits per heavy atom. The van der Waals surface area contributed by atoms with Crippen LogP contribution in [0.1, 0.15) is 15.9 Å². The molecule has 2 aromatic rings. The minimum Gasteiger partial charge on any atom is -0.337 e. The lowest BCUT2D eigenvalue weighted by Crippen LogP contribution is -2.29. The van der Waals surface area contributed by atoms with Crippen LogP contribution in [-0.2, 0) is 6.54 Å². The summed E-state index contributed by atoms with van der Waals surface area (Å²) in [6, 6.07) is 12.9. The molecule has 0 spiro atoms. The molecule has 0 atom stereocenters. The number of carbonyl (C=O) groups excluding carboxylic acids is 2. The molecule has 3 rings (SSSR count). The van der Waals surface area contributed by atoms with Crippen molar-refractivity contribution in [2.75, 3.05) is 25.0 Å². The number of amides is 3. The lowest BCUT2D eigenvalue weighted by atomic mass is 10.1. The number of anilines is 1. The lowest BCUT2D eigenvalue weighted by Gasteiger charge is -2.19. The highest BCUT2D eigenvalue weighted by Gasteiger charge is 2.22. The largest absolute Gasteiger partial charge is 0.337 e. The van der Waals surface area contributed by atoms with Gasteiger partial charge in [0.1, 0.15) is 5.82 Å². The van der Waals surface area contributed by atoms with Crippen LogP contribution < -0.4 is 10.2 Å². The van der Waals surface area contributed by atoms with Gasteiger partial charge < -0.3 is 10.2 Å². The Hall–Kier alpha value is -2.89. The monoisotopic (exact) mass is 327 g/mol. The van der Waals surface area contributed by atoms with Crippen molar-refractivity contribution in [1.29, 1.82) is 0 Å². The number of nitrogens with one attached hydrogen (secondary N) is 1. The molecule has 0 bridgehead atoms. The third-order valence-corrected chi connectivity index (χ3v) is 3.94. The molecule has 0 aliphatic carbocycles. The number of hydrogen-bond acceptors (Lipinski definition) is 2. The fourth-order valence-corrected chi connectivity index (χ4v) is 2.68. The average Bonchev–Trinajstić information content (AvgIpc) is 3.02. The van der Waals surface area contributed by atoms with Gasteiger partial charge in [-0.25, -0.2) is 9.18 Å². The first kappa shape index (κ1) is 16.0. The van der Waals surface area contributed by atoms with Crippen LogP contribution in [-0.4, -0.2) is 37.0 Å². The van der Waals surface area contributed by atoms with E-state index in [2.05, 4.69) is 5.32 Å². The van der Waals surface area contributed by atoms with Crippen LogP contribution in [0.5, 0.6) is 0 Å². The fourth-order valence-electron chi connectivity index (χ4n) is 2.68. The summed E-state index contributed by atoms with van der Waals surface area (Å²) in [6.07, 6.45) is 0. The number of hydrogen-bond donors (Lipinski definition) is 1. The Morgan fingerprint density at radius 2 is 2.00 bits per heavy atom. The summed E-state index contributed by atoms with van der Waals surface area (Å²) in [5.74, 6) is -0.454. The Kier molecular flexibility index (Phi) is 4.46. The molecule has 0 saturated carbocycles. The summed E-state index contributed by atoms with van der Waals surface area (Å²) in [4.78, 5) is 27.5. The predicted molar refractivity (Wildman–Crippen MR) is 89.4 cm³/mol. The summed E-state index contributed by atoms with van der Waals surface area (Å²) in [5, 5.41) is 2.74. The molecular formula is C18H18FN3O2. The normalized spacial score (nSPS) is 13.8. The standard InChI is InChI=1S/C18H18FN3O2/c1-21(12-13-5-7-15(19)8-6-13)17(23)14-3-2-4-16(11-14)22-10-9-20-18(22)24/h2-8,11H,9-10,12H2,1H3,(H,20,24). The number of nitrogens with zero attached hydrogens (tertiary/aromatic N) is 2. The summed E-state index contributed by atoms with van der Waals surface area (Å²) < 4.78 is 13.0. The van der Waals surface area contributed by atoms with E-state index in [4.69, 9.17) is 0 Å². The topological polar surface area (TPSA) is 52.7 Å². The van der Waals surface area contributed by atoms with E-state index >= 15 is 0 Å².